The Morgan fingerprint density at radius 3 is 2.79 bits per heavy atom. The van der Waals surface area contributed by atoms with Gasteiger partial charge in [0.05, 0.1) is 5.02 Å². The van der Waals surface area contributed by atoms with Gasteiger partial charge in [0.25, 0.3) is 0 Å². The van der Waals surface area contributed by atoms with Gasteiger partial charge in [-0.2, -0.15) is 0 Å². The predicted octanol–water partition coefficient (Wildman–Crippen LogP) is 4.25. The van der Waals surface area contributed by atoms with Gasteiger partial charge in [0, 0.05) is 10.2 Å². The number of carboxylic acid groups (broad SMARTS) is 1. The van der Waals surface area contributed by atoms with E-state index < -0.39 is 5.97 Å². The Bertz CT molecular complexity index is 647. The standard InChI is InChI=1S/C13H10BrClN2O2/c1-7-2-3-8(14)6-10(7)16-11-5-4-9(15)12(17-11)13(18)19/h2-6H,1H3,(H,16,17)(H,18,19). The van der Waals surface area contributed by atoms with Crippen LogP contribution in [-0.4, -0.2) is 16.1 Å². The largest absolute Gasteiger partial charge is 0.476 e. The first-order chi connectivity index (χ1) is 8.97. The number of aromatic carboxylic acids is 1. The number of rotatable bonds is 3. The highest BCUT2D eigenvalue weighted by atomic mass is 79.9. The summed E-state index contributed by atoms with van der Waals surface area (Å²) in [6, 6.07) is 8.91. The normalized spacial score (nSPS) is 10.3. The fourth-order valence-corrected chi connectivity index (χ4v) is 2.08. The highest BCUT2D eigenvalue weighted by molar-refractivity contribution is 9.10. The second-order valence-corrected chi connectivity index (χ2v) is 5.24. The average Bonchev–Trinajstić information content (AvgIpc) is 2.36. The van der Waals surface area contributed by atoms with E-state index >= 15 is 0 Å². The van der Waals surface area contributed by atoms with Crippen molar-refractivity contribution in [3.63, 3.8) is 0 Å². The van der Waals surface area contributed by atoms with E-state index in [9.17, 15) is 4.79 Å². The molecular formula is C13H10BrClN2O2. The van der Waals surface area contributed by atoms with Crippen molar-refractivity contribution >= 4 is 45.0 Å². The van der Waals surface area contributed by atoms with E-state index in [2.05, 4.69) is 26.2 Å². The zero-order valence-electron chi connectivity index (χ0n) is 9.95. The zero-order chi connectivity index (χ0) is 14.0. The van der Waals surface area contributed by atoms with Gasteiger partial charge in [0.1, 0.15) is 5.82 Å². The number of benzene rings is 1. The predicted molar refractivity (Wildman–Crippen MR) is 78.4 cm³/mol. The maximum atomic E-state index is 11.0. The number of carboxylic acids is 1. The molecule has 98 valence electrons. The van der Waals surface area contributed by atoms with Crippen molar-refractivity contribution in [3.8, 4) is 0 Å². The summed E-state index contributed by atoms with van der Waals surface area (Å²) in [5.74, 6) is -0.720. The molecule has 0 radical (unpaired) electrons. The van der Waals surface area contributed by atoms with Crippen molar-refractivity contribution in [1.29, 1.82) is 0 Å². The highest BCUT2D eigenvalue weighted by Gasteiger charge is 2.11. The first-order valence-electron chi connectivity index (χ1n) is 5.40. The second kappa shape index (κ2) is 5.59. The lowest BCUT2D eigenvalue weighted by atomic mass is 10.2. The minimum Gasteiger partial charge on any atom is -0.476 e. The summed E-state index contributed by atoms with van der Waals surface area (Å²) in [6.45, 7) is 1.95. The van der Waals surface area contributed by atoms with E-state index in [0.29, 0.717) is 5.82 Å². The molecule has 0 fully saturated rings. The van der Waals surface area contributed by atoms with E-state index in [1.807, 2.05) is 25.1 Å². The van der Waals surface area contributed by atoms with E-state index in [0.717, 1.165) is 15.7 Å². The van der Waals surface area contributed by atoms with Crippen LogP contribution in [0.2, 0.25) is 5.02 Å². The molecule has 0 unspecified atom stereocenters. The Morgan fingerprint density at radius 1 is 1.37 bits per heavy atom. The van der Waals surface area contributed by atoms with E-state index in [1.165, 1.54) is 6.07 Å². The van der Waals surface area contributed by atoms with Crippen LogP contribution in [0.5, 0.6) is 0 Å². The van der Waals surface area contributed by atoms with Crippen molar-refractivity contribution in [3.05, 3.63) is 51.1 Å². The third kappa shape index (κ3) is 3.24. The molecule has 0 bridgehead atoms. The molecule has 0 aliphatic heterocycles. The molecule has 0 spiro atoms. The zero-order valence-corrected chi connectivity index (χ0v) is 12.3. The Morgan fingerprint density at radius 2 is 2.11 bits per heavy atom. The second-order valence-electron chi connectivity index (χ2n) is 3.92. The van der Waals surface area contributed by atoms with E-state index in [1.54, 1.807) is 6.07 Å². The molecule has 19 heavy (non-hydrogen) atoms. The molecule has 2 rings (SSSR count). The van der Waals surface area contributed by atoms with Crippen LogP contribution in [0.1, 0.15) is 16.1 Å². The number of hydrogen-bond acceptors (Lipinski definition) is 3. The first-order valence-corrected chi connectivity index (χ1v) is 6.57. The Hall–Kier alpha value is -1.59. The maximum Gasteiger partial charge on any atom is 0.356 e. The number of halogens is 2. The summed E-state index contributed by atoms with van der Waals surface area (Å²) in [7, 11) is 0. The molecule has 0 atom stereocenters. The van der Waals surface area contributed by atoms with Crippen LogP contribution < -0.4 is 5.32 Å². The van der Waals surface area contributed by atoms with Gasteiger partial charge in [-0.25, -0.2) is 9.78 Å². The topological polar surface area (TPSA) is 62.2 Å². The maximum absolute atomic E-state index is 11.0. The number of carbonyl (C=O) groups is 1. The van der Waals surface area contributed by atoms with Crippen LogP contribution in [-0.2, 0) is 0 Å². The molecule has 6 heteroatoms. The summed E-state index contributed by atoms with van der Waals surface area (Å²) in [4.78, 5) is 14.9. The molecule has 0 aliphatic rings. The lowest BCUT2D eigenvalue weighted by Gasteiger charge is -2.10. The first kappa shape index (κ1) is 13.8. The van der Waals surface area contributed by atoms with Crippen LogP contribution in [0, 0.1) is 6.92 Å². The van der Waals surface area contributed by atoms with Crippen molar-refractivity contribution in [1.82, 2.24) is 4.98 Å². The smallest absolute Gasteiger partial charge is 0.356 e. The van der Waals surface area contributed by atoms with Gasteiger partial charge < -0.3 is 10.4 Å². The molecule has 0 saturated heterocycles. The molecule has 1 aromatic carbocycles. The minimum absolute atomic E-state index is 0.115. The number of anilines is 2. The molecule has 0 saturated carbocycles. The van der Waals surface area contributed by atoms with Gasteiger partial charge in [-0.15, -0.1) is 0 Å². The van der Waals surface area contributed by atoms with E-state index in [-0.39, 0.29) is 10.7 Å². The molecule has 1 aromatic heterocycles. The number of nitrogens with one attached hydrogen (secondary N) is 1. The van der Waals surface area contributed by atoms with Gasteiger partial charge >= 0.3 is 5.97 Å². The Labute approximate surface area is 123 Å². The SMILES string of the molecule is Cc1ccc(Br)cc1Nc1ccc(Cl)c(C(=O)O)n1. The summed E-state index contributed by atoms with van der Waals surface area (Å²) < 4.78 is 0.924. The Balaban J connectivity index is 2.36. The molecule has 2 N–H and O–H groups in total. The van der Waals surface area contributed by atoms with Gasteiger partial charge in [-0.1, -0.05) is 33.6 Å². The van der Waals surface area contributed by atoms with Crippen LogP contribution in [0.15, 0.2) is 34.8 Å². The minimum atomic E-state index is -1.15. The number of nitrogens with zero attached hydrogens (tertiary/aromatic N) is 1. The lowest BCUT2D eigenvalue weighted by Crippen LogP contribution is -2.04. The average molecular weight is 342 g/mol. The number of aromatic nitrogens is 1. The Kier molecular flexibility index (Phi) is 4.07. The molecule has 2 aromatic rings. The van der Waals surface area contributed by atoms with Crippen LogP contribution in [0.3, 0.4) is 0 Å². The summed E-state index contributed by atoms with van der Waals surface area (Å²) in [5, 5.41) is 12.2. The number of aryl methyl sites for hydroxylation is 1. The molecule has 4 nitrogen and oxygen atoms in total. The van der Waals surface area contributed by atoms with Gasteiger partial charge in [-0.3, -0.25) is 0 Å². The van der Waals surface area contributed by atoms with Crippen molar-refractivity contribution < 1.29 is 9.90 Å². The van der Waals surface area contributed by atoms with Crippen molar-refractivity contribution in [2.24, 2.45) is 0 Å². The lowest BCUT2D eigenvalue weighted by molar-refractivity contribution is 0.0691. The van der Waals surface area contributed by atoms with Gasteiger partial charge in [0.2, 0.25) is 0 Å². The summed E-state index contributed by atoms with van der Waals surface area (Å²) >= 11 is 9.16. The summed E-state index contributed by atoms with van der Waals surface area (Å²) in [5.41, 5.74) is 1.71. The van der Waals surface area contributed by atoms with Gasteiger partial charge in [-0.05, 0) is 36.8 Å². The monoisotopic (exact) mass is 340 g/mol. The molecule has 0 amide bonds. The van der Waals surface area contributed by atoms with Crippen LogP contribution in [0.4, 0.5) is 11.5 Å². The third-order valence-corrected chi connectivity index (χ3v) is 3.31. The molecular weight excluding hydrogens is 332 g/mol. The molecule has 0 aliphatic carbocycles. The number of hydrogen-bond donors (Lipinski definition) is 2. The fraction of sp³-hybridized carbons (Fsp3) is 0.0769. The molecule has 1 heterocycles. The van der Waals surface area contributed by atoms with Crippen molar-refractivity contribution in [2.75, 3.05) is 5.32 Å². The number of pyridine rings is 1. The van der Waals surface area contributed by atoms with Crippen LogP contribution in [0.25, 0.3) is 0 Å². The third-order valence-electron chi connectivity index (χ3n) is 2.51. The fourth-order valence-electron chi connectivity index (χ4n) is 1.53. The quantitative estimate of drug-likeness (QED) is 0.876. The van der Waals surface area contributed by atoms with Crippen molar-refractivity contribution in [2.45, 2.75) is 6.92 Å². The van der Waals surface area contributed by atoms with Crippen LogP contribution >= 0.6 is 27.5 Å². The highest BCUT2D eigenvalue weighted by Crippen LogP contribution is 2.25. The summed E-state index contributed by atoms with van der Waals surface area (Å²) in [6.07, 6.45) is 0. The van der Waals surface area contributed by atoms with Gasteiger partial charge in [0.15, 0.2) is 5.69 Å². The van der Waals surface area contributed by atoms with E-state index in [4.69, 9.17) is 16.7 Å².